The second kappa shape index (κ2) is 7.61. The third-order valence-corrected chi connectivity index (χ3v) is 7.00. The summed E-state index contributed by atoms with van der Waals surface area (Å²) in [5.41, 5.74) is 7.91. The highest BCUT2D eigenvalue weighted by Gasteiger charge is 2.17. The van der Waals surface area contributed by atoms with E-state index >= 15 is 0 Å². The van der Waals surface area contributed by atoms with Crippen molar-refractivity contribution in [2.24, 2.45) is 0 Å². The molecule has 164 valence electrons. The molecule has 0 saturated carbocycles. The van der Waals surface area contributed by atoms with Gasteiger partial charge in [0.1, 0.15) is 13.7 Å². The van der Waals surface area contributed by atoms with Crippen LogP contribution in [-0.2, 0) is 6.54 Å². The van der Waals surface area contributed by atoms with E-state index in [1.165, 1.54) is 38.3 Å². The van der Waals surface area contributed by atoms with Crippen LogP contribution in [0.15, 0.2) is 103 Å². The Balaban J connectivity index is 1.55. The van der Waals surface area contributed by atoms with E-state index in [0.29, 0.717) is 0 Å². The van der Waals surface area contributed by atoms with Crippen LogP contribution in [0.25, 0.3) is 49.4 Å². The topological polar surface area (TPSA) is 22.8 Å². The zero-order valence-corrected chi connectivity index (χ0v) is 19.4. The molecule has 2 radical (unpaired) electrons. The van der Waals surface area contributed by atoms with Crippen molar-refractivity contribution in [1.29, 1.82) is 0 Å². The van der Waals surface area contributed by atoms with Gasteiger partial charge in [0.25, 0.3) is 0 Å². The van der Waals surface area contributed by atoms with Crippen LogP contribution in [0.3, 0.4) is 0 Å². The van der Waals surface area contributed by atoms with Gasteiger partial charge in [-0.15, -0.1) is 0 Å². The minimum atomic E-state index is 0.767. The first-order valence-electron chi connectivity index (χ1n) is 11.9. The number of rotatable bonds is 3. The third-order valence-electron chi connectivity index (χ3n) is 7.00. The van der Waals surface area contributed by atoms with Crippen LogP contribution < -0.4 is 5.46 Å². The number of benzene rings is 4. The van der Waals surface area contributed by atoms with Crippen molar-refractivity contribution >= 4 is 56.9 Å². The van der Waals surface area contributed by atoms with Crippen LogP contribution in [0.5, 0.6) is 0 Å². The molecular weight excluding hydrogens is 425 g/mol. The van der Waals surface area contributed by atoms with E-state index in [0.717, 1.165) is 34.2 Å². The largest absolute Gasteiger partial charge is 0.336 e. The van der Waals surface area contributed by atoms with Crippen molar-refractivity contribution in [3.63, 3.8) is 0 Å². The monoisotopic (exact) mass is 447 g/mol. The summed E-state index contributed by atoms with van der Waals surface area (Å²) in [6.45, 7) is 2.93. The SMILES string of the molecule is [B]c1ccc2c(c1)c1ccc(C)cc1n2-c1cc2c(cn1)c1ccccc1n2Cc1ccccc1. The molecule has 7 aromatic rings. The maximum Gasteiger partial charge on any atom is 0.139 e. The van der Waals surface area contributed by atoms with Gasteiger partial charge < -0.3 is 4.57 Å². The predicted molar refractivity (Wildman–Crippen MR) is 147 cm³/mol. The van der Waals surface area contributed by atoms with Crippen LogP contribution in [0, 0.1) is 6.92 Å². The molecule has 3 nitrogen and oxygen atoms in total. The lowest BCUT2D eigenvalue weighted by Gasteiger charge is -2.11. The first kappa shape index (κ1) is 20.1. The number of aryl methyl sites for hydroxylation is 1. The molecule has 0 fully saturated rings. The van der Waals surface area contributed by atoms with Crippen molar-refractivity contribution < 1.29 is 0 Å². The standard InChI is InChI=1S/C31H22BN3/c1-20-11-13-24-25-16-22(32)12-14-28(25)35(30(24)15-20)31-17-29-26(18-33-31)23-9-5-6-10-27(23)34(29)19-21-7-3-2-4-8-21/h2-18H,19H2,1H3. The van der Waals surface area contributed by atoms with Gasteiger partial charge in [0, 0.05) is 45.9 Å². The van der Waals surface area contributed by atoms with E-state index in [1.807, 2.05) is 12.3 Å². The molecule has 7 rings (SSSR count). The molecule has 0 aliphatic rings. The van der Waals surface area contributed by atoms with Crippen molar-refractivity contribution in [2.75, 3.05) is 0 Å². The Morgan fingerprint density at radius 2 is 1.46 bits per heavy atom. The number of hydrogen-bond donors (Lipinski definition) is 0. The number of nitrogens with zero attached hydrogens (tertiary/aromatic N) is 3. The summed E-state index contributed by atoms with van der Waals surface area (Å²) in [7, 11) is 6.18. The Labute approximate surface area is 204 Å². The zero-order valence-electron chi connectivity index (χ0n) is 19.4. The second-order valence-electron chi connectivity index (χ2n) is 9.28. The van der Waals surface area contributed by atoms with Gasteiger partial charge >= 0.3 is 0 Å². The average molecular weight is 447 g/mol. The molecule has 4 heteroatoms. The highest BCUT2D eigenvalue weighted by Crippen LogP contribution is 2.34. The maximum absolute atomic E-state index is 6.18. The van der Waals surface area contributed by atoms with Gasteiger partial charge in [0.2, 0.25) is 0 Å². The molecule has 0 aliphatic carbocycles. The Hall–Kier alpha value is -4.31. The van der Waals surface area contributed by atoms with E-state index in [-0.39, 0.29) is 0 Å². The second-order valence-corrected chi connectivity index (χ2v) is 9.28. The van der Waals surface area contributed by atoms with E-state index < -0.39 is 0 Å². The lowest BCUT2D eigenvalue weighted by atomic mass is 9.94. The quantitative estimate of drug-likeness (QED) is 0.286. The lowest BCUT2D eigenvalue weighted by molar-refractivity contribution is 0.867. The highest BCUT2D eigenvalue weighted by molar-refractivity contribution is 6.34. The summed E-state index contributed by atoms with van der Waals surface area (Å²) in [5, 5.41) is 4.72. The molecule has 0 amide bonds. The Morgan fingerprint density at radius 1 is 0.657 bits per heavy atom. The van der Waals surface area contributed by atoms with Crippen LogP contribution in [0.4, 0.5) is 0 Å². The fourth-order valence-electron chi connectivity index (χ4n) is 5.39. The van der Waals surface area contributed by atoms with Crippen LogP contribution in [-0.4, -0.2) is 22.0 Å². The number of hydrogen-bond acceptors (Lipinski definition) is 1. The van der Waals surface area contributed by atoms with Gasteiger partial charge in [0.15, 0.2) is 0 Å². The fourth-order valence-corrected chi connectivity index (χ4v) is 5.39. The molecule has 0 saturated heterocycles. The van der Waals surface area contributed by atoms with E-state index in [4.69, 9.17) is 12.8 Å². The predicted octanol–water partition coefficient (Wildman–Crippen LogP) is 6.44. The molecule has 0 N–H and O–H groups in total. The molecule has 0 spiro atoms. The molecule has 0 aliphatic heterocycles. The third kappa shape index (κ3) is 3.10. The van der Waals surface area contributed by atoms with E-state index in [9.17, 15) is 0 Å². The molecular formula is C31H22BN3. The van der Waals surface area contributed by atoms with Crippen LogP contribution in [0.2, 0.25) is 0 Å². The summed E-state index contributed by atoms with van der Waals surface area (Å²) in [6.07, 6.45) is 2.03. The van der Waals surface area contributed by atoms with Crippen molar-refractivity contribution in [1.82, 2.24) is 14.1 Å². The number of pyridine rings is 1. The number of aromatic nitrogens is 3. The van der Waals surface area contributed by atoms with Gasteiger partial charge in [-0.2, -0.15) is 0 Å². The Kier molecular flexibility index (Phi) is 4.37. The molecule has 0 bridgehead atoms. The highest BCUT2D eigenvalue weighted by atomic mass is 15.1. The minimum Gasteiger partial charge on any atom is -0.336 e. The van der Waals surface area contributed by atoms with Crippen molar-refractivity contribution in [2.45, 2.75) is 13.5 Å². The summed E-state index contributed by atoms with van der Waals surface area (Å²) in [4.78, 5) is 4.99. The summed E-state index contributed by atoms with van der Waals surface area (Å²) < 4.78 is 4.67. The first-order chi connectivity index (χ1) is 17.2. The first-order valence-corrected chi connectivity index (χ1v) is 11.9. The van der Waals surface area contributed by atoms with Crippen LogP contribution in [0.1, 0.15) is 11.1 Å². The minimum absolute atomic E-state index is 0.767. The smallest absolute Gasteiger partial charge is 0.139 e. The Bertz CT molecular complexity index is 1890. The molecule has 4 aromatic carbocycles. The molecule has 3 heterocycles. The lowest BCUT2D eigenvalue weighted by Crippen LogP contribution is -2.03. The van der Waals surface area contributed by atoms with Crippen LogP contribution >= 0.6 is 0 Å². The summed E-state index contributed by atoms with van der Waals surface area (Å²) >= 11 is 0. The van der Waals surface area contributed by atoms with Gasteiger partial charge in [-0.05, 0) is 36.2 Å². The van der Waals surface area contributed by atoms with Gasteiger partial charge in [0.05, 0.1) is 16.6 Å². The normalized spacial score (nSPS) is 11.8. The summed E-state index contributed by atoms with van der Waals surface area (Å²) in [5.74, 6) is 0.907. The Morgan fingerprint density at radius 3 is 2.34 bits per heavy atom. The summed E-state index contributed by atoms with van der Waals surface area (Å²) in [6, 6.07) is 34.2. The van der Waals surface area contributed by atoms with Gasteiger partial charge in [-0.25, -0.2) is 4.98 Å². The zero-order chi connectivity index (χ0) is 23.5. The molecule has 35 heavy (non-hydrogen) atoms. The fraction of sp³-hybridized carbons (Fsp3) is 0.0645. The average Bonchev–Trinajstić information content (AvgIpc) is 3.36. The number of fused-ring (bicyclic) bond motifs is 6. The van der Waals surface area contributed by atoms with E-state index in [2.05, 4.69) is 107 Å². The molecule has 0 unspecified atom stereocenters. The molecule has 0 atom stereocenters. The van der Waals surface area contributed by atoms with Gasteiger partial charge in [-0.1, -0.05) is 78.3 Å². The van der Waals surface area contributed by atoms with E-state index in [1.54, 1.807) is 0 Å². The molecule has 3 aromatic heterocycles. The van der Waals surface area contributed by atoms with Crippen molar-refractivity contribution in [3.8, 4) is 5.82 Å². The van der Waals surface area contributed by atoms with Gasteiger partial charge in [-0.3, -0.25) is 4.57 Å². The van der Waals surface area contributed by atoms with Crippen molar-refractivity contribution in [3.05, 3.63) is 114 Å². The number of para-hydroxylation sites is 1. The maximum atomic E-state index is 6.18.